The highest BCUT2D eigenvalue weighted by molar-refractivity contribution is 7.90. The third kappa shape index (κ3) is 5.11. The van der Waals surface area contributed by atoms with Crippen molar-refractivity contribution in [2.45, 2.75) is 30.6 Å². The van der Waals surface area contributed by atoms with Gasteiger partial charge in [0.15, 0.2) is 0 Å². The fourth-order valence-electron chi connectivity index (χ4n) is 3.10. The van der Waals surface area contributed by atoms with E-state index in [1.807, 2.05) is 0 Å². The average molecular weight is 486 g/mol. The lowest BCUT2D eigenvalue weighted by Crippen LogP contribution is -2.36. The molecule has 4 rings (SSSR count). The smallest absolute Gasteiger partial charge is 0.314 e. The SMILES string of the molecule is CN(CC(Nc1ncc(-c2nnc(C(F)F)o2)cn1)c1ccc(F)cc1F)S(=O)(=O)C1CC1. The van der Waals surface area contributed by atoms with Gasteiger partial charge in [-0.3, -0.25) is 0 Å². The lowest BCUT2D eigenvalue weighted by atomic mass is 10.1. The van der Waals surface area contributed by atoms with Gasteiger partial charge in [-0.05, 0) is 18.9 Å². The third-order valence-electron chi connectivity index (χ3n) is 4.99. The Hall–Kier alpha value is -3.13. The molecule has 0 saturated heterocycles. The van der Waals surface area contributed by atoms with E-state index < -0.39 is 45.3 Å². The third-order valence-corrected chi connectivity index (χ3v) is 7.32. The van der Waals surface area contributed by atoms with Crippen molar-refractivity contribution in [1.29, 1.82) is 0 Å². The molecule has 0 bridgehead atoms. The van der Waals surface area contributed by atoms with E-state index in [0.717, 1.165) is 10.4 Å². The molecule has 1 aliphatic rings. The fraction of sp³-hybridized carbons (Fsp3) is 0.368. The summed E-state index contributed by atoms with van der Waals surface area (Å²) in [7, 11) is -2.18. The van der Waals surface area contributed by atoms with Crippen molar-refractivity contribution in [3.63, 3.8) is 0 Å². The number of benzene rings is 1. The predicted molar refractivity (Wildman–Crippen MR) is 108 cm³/mol. The van der Waals surface area contributed by atoms with Crippen molar-refractivity contribution >= 4 is 16.0 Å². The molecular formula is C19H18F4N6O3S. The molecule has 0 amide bonds. The van der Waals surface area contributed by atoms with Gasteiger partial charge in [-0.1, -0.05) is 6.07 Å². The van der Waals surface area contributed by atoms with Crippen LogP contribution in [0.1, 0.15) is 36.8 Å². The molecule has 1 aliphatic carbocycles. The topological polar surface area (TPSA) is 114 Å². The van der Waals surface area contributed by atoms with E-state index in [1.165, 1.54) is 25.5 Å². The van der Waals surface area contributed by atoms with Crippen molar-refractivity contribution in [2.24, 2.45) is 0 Å². The number of hydrogen-bond donors (Lipinski definition) is 1. The van der Waals surface area contributed by atoms with E-state index in [9.17, 15) is 26.0 Å². The van der Waals surface area contributed by atoms with Crippen LogP contribution in [0.25, 0.3) is 11.5 Å². The summed E-state index contributed by atoms with van der Waals surface area (Å²) < 4.78 is 84.2. The molecule has 14 heteroatoms. The maximum atomic E-state index is 14.5. The summed E-state index contributed by atoms with van der Waals surface area (Å²) in [6.07, 6.45) is 0.636. The zero-order valence-corrected chi connectivity index (χ0v) is 17.9. The molecule has 0 aliphatic heterocycles. The number of likely N-dealkylation sites (N-methyl/N-ethyl adjacent to an activating group) is 1. The van der Waals surface area contributed by atoms with Gasteiger partial charge in [-0.2, -0.15) is 8.78 Å². The predicted octanol–water partition coefficient (Wildman–Crippen LogP) is 3.32. The highest BCUT2D eigenvalue weighted by Crippen LogP contribution is 2.32. The van der Waals surface area contributed by atoms with Crippen LogP contribution >= 0.6 is 0 Å². The summed E-state index contributed by atoms with van der Waals surface area (Å²) in [5.74, 6) is -2.73. The standard InChI is InChI=1S/C19H18F4N6O3S/c1-29(33(30,31)12-3-4-12)9-15(13-5-2-11(20)6-14(13)21)26-19-24-7-10(8-25-19)17-27-28-18(32-17)16(22)23/h2,5-8,12,15-16H,3-4,9H2,1H3,(H,24,25,26). The minimum absolute atomic E-state index is 0.0143. The maximum Gasteiger partial charge on any atom is 0.314 e. The van der Waals surface area contributed by atoms with Crippen molar-refractivity contribution in [1.82, 2.24) is 24.5 Å². The van der Waals surface area contributed by atoms with Gasteiger partial charge < -0.3 is 9.73 Å². The number of nitrogens with one attached hydrogen (secondary N) is 1. The Kier molecular flexibility index (Phi) is 6.30. The van der Waals surface area contributed by atoms with Crippen molar-refractivity contribution < 1.29 is 30.4 Å². The Bertz CT molecular complexity index is 1230. The number of aromatic nitrogens is 4. The number of hydrogen-bond acceptors (Lipinski definition) is 8. The van der Waals surface area contributed by atoms with Gasteiger partial charge in [0.25, 0.3) is 11.8 Å². The average Bonchev–Trinajstić information content (AvgIpc) is 3.51. The molecule has 9 nitrogen and oxygen atoms in total. The van der Waals surface area contributed by atoms with Gasteiger partial charge >= 0.3 is 6.43 Å². The molecule has 3 aromatic rings. The number of alkyl halides is 2. The number of nitrogens with zero attached hydrogens (tertiary/aromatic N) is 5. The molecular weight excluding hydrogens is 468 g/mol. The Morgan fingerprint density at radius 1 is 1.18 bits per heavy atom. The minimum Gasteiger partial charge on any atom is -0.415 e. The van der Waals surface area contributed by atoms with Gasteiger partial charge in [0.05, 0.1) is 16.9 Å². The lowest BCUT2D eigenvalue weighted by Gasteiger charge is -2.25. The summed E-state index contributed by atoms with van der Waals surface area (Å²) in [6.45, 7) is -0.173. The fourth-order valence-corrected chi connectivity index (χ4v) is 4.69. The molecule has 1 aromatic carbocycles. The van der Waals surface area contributed by atoms with Crippen LogP contribution < -0.4 is 5.32 Å². The first-order valence-corrected chi connectivity index (χ1v) is 11.3. The molecule has 1 fully saturated rings. The molecule has 1 atom stereocenters. The Morgan fingerprint density at radius 2 is 1.88 bits per heavy atom. The Labute approximate surface area is 185 Å². The van der Waals surface area contributed by atoms with E-state index in [-0.39, 0.29) is 29.5 Å². The molecule has 1 unspecified atom stereocenters. The normalized spacial score (nSPS) is 15.2. The van der Waals surface area contributed by atoms with Crippen molar-refractivity contribution in [3.05, 3.63) is 53.7 Å². The molecule has 0 spiro atoms. The minimum atomic E-state index is -3.56. The monoisotopic (exact) mass is 486 g/mol. The number of halogens is 4. The zero-order valence-electron chi connectivity index (χ0n) is 17.1. The van der Waals surface area contributed by atoms with Gasteiger partial charge in [-0.25, -0.2) is 31.5 Å². The quantitative estimate of drug-likeness (QED) is 0.458. The number of rotatable bonds is 9. The van der Waals surface area contributed by atoms with Crippen LogP contribution in [-0.4, -0.2) is 51.7 Å². The second-order valence-electron chi connectivity index (χ2n) is 7.43. The van der Waals surface area contributed by atoms with E-state index in [4.69, 9.17) is 4.42 Å². The van der Waals surface area contributed by atoms with Crippen LogP contribution in [0.4, 0.5) is 23.5 Å². The second-order valence-corrected chi connectivity index (χ2v) is 9.75. The van der Waals surface area contributed by atoms with Crippen LogP contribution in [0.5, 0.6) is 0 Å². The van der Waals surface area contributed by atoms with Crippen molar-refractivity contribution in [2.75, 3.05) is 18.9 Å². The zero-order chi connectivity index (χ0) is 23.8. The van der Waals surface area contributed by atoms with Gasteiger partial charge in [0, 0.05) is 37.6 Å². The second kappa shape index (κ2) is 9.02. The highest BCUT2D eigenvalue weighted by Gasteiger charge is 2.39. The highest BCUT2D eigenvalue weighted by atomic mass is 32.2. The first-order chi connectivity index (χ1) is 15.6. The van der Waals surface area contributed by atoms with E-state index >= 15 is 0 Å². The van der Waals surface area contributed by atoms with Crippen molar-refractivity contribution in [3.8, 4) is 11.5 Å². The van der Waals surface area contributed by atoms with Crippen LogP contribution in [0, 0.1) is 11.6 Å². The summed E-state index contributed by atoms with van der Waals surface area (Å²) >= 11 is 0. The molecule has 2 heterocycles. The largest absolute Gasteiger partial charge is 0.415 e. The van der Waals surface area contributed by atoms with Crippen LogP contribution in [0.15, 0.2) is 35.0 Å². The summed E-state index contributed by atoms with van der Waals surface area (Å²) in [4.78, 5) is 8.07. The van der Waals surface area contributed by atoms with E-state index in [1.54, 1.807) is 0 Å². The van der Waals surface area contributed by atoms with Gasteiger partial charge in [0.2, 0.25) is 16.0 Å². The summed E-state index contributed by atoms with van der Waals surface area (Å²) in [6, 6.07) is 2.00. The molecule has 2 aromatic heterocycles. The van der Waals surface area contributed by atoms with E-state index in [2.05, 4.69) is 25.5 Å². The van der Waals surface area contributed by atoms with Gasteiger partial charge in [-0.15, -0.1) is 10.2 Å². The molecule has 0 radical (unpaired) electrons. The Balaban J connectivity index is 1.57. The first-order valence-electron chi connectivity index (χ1n) is 9.75. The Morgan fingerprint density at radius 3 is 2.45 bits per heavy atom. The summed E-state index contributed by atoms with van der Waals surface area (Å²) in [5.41, 5.74) is 0.179. The van der Waals surface area contributed by atoms with E-state index in [0.29, 0.717) is 18.9 Å². The maximum absolute atomic E-state index is 14.5. The lowest BCUT2D eigenvalue weighted by molar-refractivity contribution is 0.116. The van der Waals surface area contributed by atoms with Crippen LogP contribution in [0.3, 0.4) is 0 Å². The van der Waals surface area contributed by atoms with Crippen LogP contribution in [-0.2, 0) is 10.0 Å². The molecule has 1 N–H and O–H groups in total. The molecule has 1 saturated carbocycles. The summed E-state index contributed by atoms with van der Waals surface area (Å²) in [5, 5.41) is 9.10. The molecule has 33 heavy (non-hydrogen) atoms. The number of anilines is 1. The van der Waals surface area contributed by atoms with Gasteiger partial charge in [0.1, 0.15) is 11.6 Å². The van der Waals surface area contributed by atoms with Crippen LogP contribution in [0.2, 0.25) is 0 Å². The first kappa shape index (κ1) is 23.0. The number of sulfonamides is 1. The molecule has 176 valence electrons.